The Balaban J connectivity index is 0. The molecule has 0 aliphatic rings. The van der Waals surface area contributed by atoms with Gasteiger partial charge >= 0.3 is 5.97 Å². The number of esters is 1. The van der Waals surface area contributed by atoms with Gasteiger partial charge in [0.2, 0.25) is 0 Å². The molecule has 0 saturated carbocycles. The Hall–Kier alpha value is 0.0700. The van der Waals surface area contributed by atoms with Crippen LogP contribution in [0.3, 0.4) is 0 Å². The molecule has 1 atom stereocenters. The predicted molar refractivity (Wildman–Crippen MR) is 54.9 cm³/mol. The van der Waals surface area contributed by atoms with Crippen LogP contribution in [0.5, 0.6) is 0 Å². The molecule has 0 radical (unpaired) electrons. The lowest BCUT2D eigenvalue weighted by atomic mass is 10.2. The fourth-order valence-electron chi connectivity index (χ4n) is 0.430. The third kappa shape index (κ3) is 6.76. The highest BCUT2D eigenvalue weighted by Gasteiger charge is 2.12. The van der Waals surface area contributed by atoms with Gasteiger partial charge in [0.15, 0.2) is 0 Å². The number of hydrogen-bond donors (Lipinski definition) is 2. The molecule has 0 aromatic rings. The zero-order valence-corrected chi connectivity index (χ0v) is 9.03. The van der Waals surface area contributed by atoms with Crippen LogP contribution in [0.4, 0.5) is 0 Å². The SMILES string of the molecule is CC(C)COC(=O)C(N)CS.Cl. The van der Waals surface area contributed by atoms with Gasteiger partial charge < -0.3 is 10.5 Å². The summed E-state index contributed by atoms with van der Waals surface area (Å²) in [5.41, 5.74) is 5.35. The molecule has 2 N–H and O–H groups in total. The second-order valence-electron chi connectivity index (χ2n) is 2.81. The van der Waals surface area contributed by atoms with Crippen molar-refractivity contribution < 1.29 is 9.53 Å². The summed E-state index contributed by atoms with van der Waals surface area (Å²) in [5, 5.41) is 0. The molecule has 12 heavy (non-hydrogen) atoms. The smallest absolute Gasteiger partial charge is 0.323 e. The van der Waals surface area contributed by atoms with Gasteiger partial charge in [0.25, 0.3) is 0 Å². The summed E-state index contributed by atoms with van der Waals surface area (Å²) in [6.45, 7) is 4.37. The lowest BCUT2D eigenvalue weighted by Gasteiger charge is -2.10. The highest BCUT2D eigenvalue weighted by molar-refractivity contribution is 7.80. The Labute approximate surface area is 84.9 Å². The van der Waals surface area contributed by atoms with E-state index in [4.69, 9.17) is 10.5 Å². The van der Waals surface area contributed by atoms with Crippen LogP contribution in [-0.2, 0) is 9.53 Å². The van der Waals surface area contributed by atoms with Crippen LogP contribution in [0.15, 0.2) is 0 Å². The Morgan fingerprint density at radius 1 is 1.58 bits per heavy atom. The van der Waals surface area contributed by atoms with Gasteiger partial charge in [0.05, 0.1) is 6.61 Å². The molecule has 1 unspecified atom stereocenters. The average Bonchev–Trinajstić information content (AvgIpc) is 1.98. The van der Waals surface area contributed by atoms with Crippen molar-refractivity contribution in [2.45, 2.75) is 19.9 Å². The Morgan fingerprint density at radius 2 is 2.08 bits per heavy atom. The number of halogens is 1. The molecule has 0 bridgehead atoms. The molecule has 0 aromatic heterocycles. The molecule has 0 aliphatic heterocycles. The Bertz CT molecular complexity index is 133. The number of rotatable bonds is 4. The van der Waals surface area contributed by atoms with Crippen molar-refractivity contribution in [2.75, 3.05) is 12.4 Å². The maximum absolute atomic E-state index is 10.9. The number of hydrogen-bond acceptors (Lipinski definition) is 4. The molecule has 74 valence electrons. The number of nitrogens with two attached hydrogens (primary N) is 1. The minimum atomic E-state index is -0.586. The third-order valence-corrected chi connectivity index (χ3v) is 1.45. The van der Waals surface area contributed by atoms with Crippen LogP contribution in [0, 0.1) is 5.92 Å². The monoisotopic (exact) mass is 213 g/mol. The van der Waals surface area contributed by atoms with E-state index in [0.717, 1.165) is 0 Å². The van der Waals surface area contributed by atoms with Gasteiger partial charge in [-0.3, -0.25) is 4.79 Å². The molecule has 0 aliphatic carbocycles. The molecule has 0 saturated heterocycles. The first kappa shape index (κ1) is 14.6. The van der Waals surface area contributed by atoms with Gasteiger partial charge in [0.1, 0.15) is 6.04 Å². The summed E-state index contributed by atoms with van der Waals surface area (Å²) in [4.78, 5) is 10.9. The molecule has 0 amide bonds. The van der Waals surface area contributed by atoms with E-state index in [2.05, 4.69) is 12.6 Å². The van der Waals surface area contributed by atoms with E-state index in [9.17, 15) is 4.79 Å². The lowest BCUT2D eigenvalue weighted by Crippen LogP contribution is -2.34. The van der Waals surface area contributed by atoms with Crippen LogP contribution >= 0.6 is 25.0 Å². The van der Waals surface area contributed by atoms with Gasteiger partial charge in [-0.1, -0.05) is 13.8 Å². The number of ether oxygens (including phenoxy) is 1. The first-order chi connectivity index (χ1) is 5.07. The van der Waals surface area contributed by atoms with Crippen molar-refractivity contribution in [3.05, 3.63) is 0 Å². The van der Waals surface area contributed by atoms with Gasteiger partial charge in [0, 0.05) is 5.75 Å². The second-order valence-corrected chi connectivity index (χ2v) is 3.18. The molecule has 0 rings (SSSR count). The molecule has 0 aromatic carbocycles. The van der Waals surface area contributed by atoms with Crippen molar-refractivity contribution in [1.29, 1.82) is 0 Å². The molecule has 0 heterocycles. The molecule has 0 fully saturated rings. The fourth-order valence-corrected chi connectivity index (χ4v) is 0.579. The van der Waals surface area contributed by atoms with Crippen molar-refractivity contribution in [3.8, 4) is 0 Å². The maximum Gasteiger partial charge on any atom is 0.323 e. The van der Waals surface area contributed by atoms with Crippen LogP contribution in [0.1, 0.15) is 13.8 Å². The summed E-state index contributed by atoms with van der Waals surface area (Å²) in [6.07, 6.45) is 0. The standard InChI is InChI=1S/C7H15NO2S.ClH/c1-5(2)3-10-7(9)6(8)4-11;/h5-6,11H,3-4,8H2,1-2H3;1H. The summed E-state index contributed by atoms with van der Waals surface area (Å²) < 4.78 is 4.84. The summed E-state index contributed by atoms with van der Waals surface area (Å²) >= 11 is 3.87. The number of carbonyl (C=O) groups excluding carboxylic acids is 1. The van der Waals surface area contributed by atoms with Gasteiger partial charge in [-0.05, 0) is 5.92 Å². The second kappa shape index (κ2) is 7.71. The minimum Gasteiger partial charge on any atom is -0.464 e. The summed E-state index contributed by atoms with van der Waals surface area (Å²) in [5.74, 6) is 0.316. The first-order valence-corrected chi connectivity index (χ1v) is 4.24. The Morgan fingerprint density at radius 3 is 2.42 bits per heavy atom. The van der Waals surface area contributed by atoms with Gasteiger partial charge in [-0.25, -0.2) is 0 Å². The van der Waals surface area contributed by atoms with E-state index in [1.807, 2.05) is 13.8 Å². The van der Waals surface area contributed by atoms with E-state index in [-0.39, 0.29) is 18.4 Å². The first-order valence-electron chi connectivity index (χ1n) is 3.61. The van der Waals surface area contributed by atoms with Crippen LogP contribution < -0.4 is 5.73 Å². The Kier molecular flexibility index (Phi) is 9.37. The highest BCUT2D eigenvalue weighted by atomic mass is 35.5. The normalized spacial score (nSPS) is 12.1. The molecule has 0 spiro atoms. The molecular formula is C7H16ClNO2S. The minimum absolute atomic E-state index is 0. The molecule has 5 heteroatoms. The summed E-state index contributed by atoms with van der Waals surface area (Å²) in [7, 11) is 0. The third-order valence-electron chi connectivity index (χ3n) is 1.06. The van der Waals surface area contributed by atoms with E-state index < -0.39 is 6.04 Å². The molecule has 3 nitrogen and oxygen atoms in total. The maximum atomic E-state index is 10.9. The highest BCUT2D eigenvalue weighted by Crippen LogP contribution is 1.95. The molecular weight excluding hydrogens is 198 g/mol. The van der Waals surface area contributed by atoms with E-state index in [0.29, 0.717) is 18.3 Å². The zero-order chi connectivity index (χ0) is 8.85. The van der Waals surface area contributed by atoms with Gasteiger partial charge in [-0.15, -0.1) is 12.4 Å². The van der Waals surface area contributed by atoms with Crippen LogP contribution in [-0.4, -0.2) is 24.4 Å². The summed E-state index contributed by atoms with van der Waals surface area (Å²) in [6, 6.07) is -0.586. The van der Waals surface area contributed by atoms with Crippen molar-refractivity contribution >= 4 is 31.0 Å². The van der Waals surface area contributed by atoms with E-state index in [1.165, 1.54) is 0 Å². The zero-order valence-electron chi connectivity index (χ0n) is 7.32. The van der Waals surface area contributed by atoms with Crippen molar-refractivity contribution in [3.63, 3.8) is 0 Å². The van der Waals surface area contributed by atoms with Crippen LogP contribution in [0.25, 0.3) is 0 Å². The van der Waals surface area contributed by atoms with E-state index in [1.54, 1.807) is 0 Å². The van der Waals surface area contributed by atoms with Crippen LogP contribution in [0.2, 0.25) is 0 Å². The fraction of sp³-hybridized carbons (Fsp3) is 0.857. The van der Waals surface area contributed by atoms with Gasteiger partial charge in [-0.2, -0.15) is 12.6 Å². The van der Waals surface area contributed by atoms with E-state index >= 15 is 0 Å². The topological polar surface area (TPSA) is 52.3 Å². The lowest BCUT2D eigenvalue weighted by molar-refractivity contribution is -0.145. The predicted octanol–water partition coefficient (Wildman–Crippen LogP) is 0.864. The average molecular weight is 214 g/mol. The largest absolute Gasteiger partial charge is 0.464 e. The quantitative estimate of drug-likeness (QED) is 0.538. The number of thiol groups is 1. The van der Waals surface area contributed by atoms with Crippen molar-refractivity contribution in [2.24, 2.45) is 11.7 Å². The van der Waals surface area contributed by atoms with Crippen molar-refractivity contribution in [1.82, 2.24) is 0 Å². The number of carbonyl (C=O) groups is 1.